The number of hydrogen-bond acceptors (Lipinski definition) is 2. The van der Waals surface area contributed by atoms with Crippen LogP contribution in [-0.2, 0) is 16.6 Å². The molecule has 2 aromatic carbocycles. The zero-order valence-corrected chi connectivity index (χ0v) is 17.1. The molecule has 1 aliphatic rings. The van der Waals surface area contributed by atoms with Crippen LogP contribution in [0.4, 0.5) is 5.69 Å². The Morgan fingerprint density at radius 3 is 2.50 bits per heavy atom. The summed E-state index contributed by atoms with van der Waals surface area (Å²) in [5.41, 5.74) is 3.48. The molecule has 5 nitrogen and oxygen atoms in total. The first kappa shape index (κ1) is 20.2. The van der Waals surface area contributed by atoms with E-state index in [1.165, 1.54) is 18.1 Å². The molecule has 3 rings (SSSR count). The number of carbonyl (C=O) groups is 1. The van der Waals surface area contributed by atoms with E-state index in [1.807, 2.05) is 36.4 Å². The zero-order valence-electron chi connectivity index (χ0n) is 16.4. The molecule has 0 saturated heterocycles. The number of benzene rings is 2. The van der Waals surface area contributed by atoms with E-state index in [0.717, 1.165) is 49.0 Å². The van der Waals surface area contributed by atoms with Crippen molar-refractivity contribution in [2.45, 2.75) is 31.6 Å². The molecule has 1 saturated carbocycles. The van der Waals surface area contributed by atoms with Crippen molar-refractivity contribution in [3.63, 3.8) is 0 Å². The Balaban J connectivity index is 1.46. The Bertz CT molecular complexity index is 844. The molecule has 6 heteroatoms. The number of hydrogen-bond donors (Lipinski definition) is 3. The topological polar surface area (TPSA) is 65.5 Å². The molecular formula is C22H27ClN4O. The molecule has 1 amide bonds. The Labute approximate surface area is 171 Å². The third-order valence-corrected chi connectivity index (χ3v) is 5.32. The summed E-state index contributed by atoms with van der Waals surface area (Å²) in [6.07, 6.45) is 3.20. The summed E-state index contributed by atoms with van der Waals surface area (Å²) in [4.78, 5) is 15.4. The van der Waals surface area contributed by atoms with E-state index in [1.54, 1.807) is 7.05 Å². The monoisotopic (exact) mass is 398 g/mol. The Morgan fingerprint density at radius 1 is 1.14 bits per heavy atom. The van der Waals surface area contributed by atoms with Gasteiger partial charge in [0.2, 0.25) is 5.91 Å². The molecule has 0 aromatic heterocycles. The van der Waals surface area contributed by atoms with Gasteiger partial charge >= 0.3 is 0 Å². The van der Waals surface area contributed by atoms with E-state index in [-0.39, 0.29) is 11.3 Å². The van der Waals surface area contributed by atoms with Crippen molar-refractivity contribution in [2.24, 2.45) is 4.99 Å². The highest BCUT2D eigenvalue weighted by molar-refractivity contribution is 6.30. The first-order chi connectivity index (χ1) is 13.5. The molecule has 0 aliphatic heterocycles. The number of amides is 1. The second kappa shape index (κ2) is 9.11. The average Bonchev–Trinajstić information content (AvgIpc) is 3.47. The van der Waals surface area contributed by atoms with E-state index in [0.29, 0.717) is 0 Å². The second-order valence-corrected chi connectivity index (χ2v) is 7.71. The summed E-state index contributed by atoms with van der Waals surface area (Å²) >= 11 is 6.15. The van der Waals surface area contributed by atoms with Gasteiger partial charge in [0, 0.05) is 43.2 Å². The normalized spacial score (nSPS) is 15.0. The minimum atomic E-state index is -0.0597. The van der Waals surface area contributed by atoms with Gasteiger partial charge in [-0.25, -0.2) is 0 Å². The van der Waals surface area contributed by atoms with E-state index in [9.17, 15) is 4.79 Å². The third-order valence-electron chi connectivity index (χ3n) is 5.09. The lowest BCUT2D eigenvalue weighted by molar-refractivity contribution is -0.114. The second-order valence-electron chi connectivity index (χ2n) is 7.27. The summed E-state index contributed by atoms with van der Waals surface area (Å²) < 4.78 is 0. The van der Waals surface area contributed by atoms with Crippen LogP contribution in [0, 0.1) is 0 Å². The predicted octanol–water partition coefficient (Wildman–Crippen LogP) is 3.74. The van der Waals surface area contributed by atoms with Crippen LogP contribution in [0.5, 0.6) is 0 Å². The van der Waals surface area contributed by atoms with Crippen molar-refractivity contribution in [1.29, 1.82) is 0 Å². The van der Waals surface area contributed by atoms with Crippen molar-refractivity contribution in [3.8, 4) is 0 Å². The van der Waals surface area contributed by atoms with Gasteiger partial charge in [-0.1, -0.05) is 35.9 Å². The Morgan fingerprint density at radius 2 is 1.89 bits per heavy atom. The summed E-state index contributed by atoms with van der Waals surface area (Å²) in [5, 5.41) is 10.4. The Hall–Kier alpha value is -2.53. The fraction of sp³-hybridized carbons (Fsp3) is 0.364. The number of rotatable bonds is 7. The highest BCUT2D eigenvalue weighted by Crippen LogP contribution is 2.48. The van der Waals surface area contributed by atoms with Gasteiger partial charge in [0.15, 0.2) is 5.96 Å². The number of aliphatic imine (C=N–C) groups is 1. The van der Waals surface area contributed by atoms with Crippen LogP contribution in [0.2, 0.25) is 5.02 Å². The highest BCUT2D eigenvalue weighted by Gasteiger charge is 2.44. The minimum absolute atomic E-state index is 0.0597. The number of halogens is 1. The van der Waals surface area contributed by atoms with Crippen molar-refractivity contribution in [1.82, 2.24) is 10.6 Å². The van der Waals surface area contributed by atoms with Gasteiger partial charge in [-0.15, -0.1) is 0 Å². The van der Waals surface area contributed by atoms with Gasteiger partial charge in [0.1, 0.15) is 0 Å². The van der Waals surface area contributed by atoms with Gasteiger partial charge in [0.25, 0.3) is 0 Å². The molecule has 0 atom stereocenters. The molecule has 0 heterocycles. The molecule has 28 heavy (non-hydrogen) atoms. The third kappa shape index (κ3) is 5.49. The molecule has 0 radical (unpaired) electrons. The molecule has 3 N–H and O–H groups in total. The van der Waals surface area contributed by atoms with E-state index < -0.39 is 0 Å². The zero-order chi connectivity index (χ0) is 20.0. The van der Waals surface area contributed by atoms with Crippen LogP contribution in [0.25, 0.3) is 0 Å². The van der Waals surface area contributed by atoms with Crippen LogP contribution in [0.1, 0.15) is 30.9 Å². The standard InChI is InChI=1S/C22H27ClN4O/c1-16(28)27-20-8-6-17(7-9-20)10-13-25-21(24-2)26-15-22(11-12-22)18-4-3-5-19(23)14-18/h3-9,14H,10-13,15H2,1-2H3,(H,27,28)(H2,24,25,26). The average molecular weight is 399 g/mol. The quantitative estimate of drug-likeness (QED) is 0.491. The van der Waals surface area contributed by atoms with Gasteiger partial charge < -0.3 is 16.0 Å². The van der Waals surface area contributed by atoms with Crippen LogP contribution in [-0.4, -0.2) is 32.0 Å². The molecule has 2 aromatic rings. The largest absolute Gasteiger partial charge is 0.356 e. The number of guanidine groups is 1. The number of anilines is 1. The maximum Gasteiger partial charge on any atom is 0.221 e. The van der Waals surface area contributed by atoms with Gasteiger partial charge in [-0.05, 0) is 54.7 Å². The van der Waals surface area contributed by atoms with Crippen molar-refractivity contribution in [3.05, 3.63) is 64.7 Å². The fourth-order valence-corrected chi connectivity index (χ4v) is 3.48. The molecular weight excluding hydrogens is 372 g/mol. The Kier molecular flexibility index (Phi) is 6.57. The minimum Gasteiger partial charge on any atom is -0.356 e. The highest BCUT2D eigenvalue weighted by atomic mass is 35.5. The van der Waals surface area contributed by atoms with Crippen LogP contribution in [0.15, 0.2) is 53.5 Å². The summed E-state index contributed by atoms with van der Waals surface area (Å²) in [6, 6.07) is 16.1. The number of nitrogens with zero attached hydrogens (tertiary/aromatic N) is 1. The molecule has 1 aliphatic carbocycles. The maximum atomic E-state index is 11.1. The first-order valence-electron chi connectivity index (χ1n) is 9.58. The van der Waals surface area contributed by atoms with Crippen molar-refractivity contribution < 1.29 is 4.79 Å². The molecule has 1 fully saturated rings. The van der Waals surface area contributed by atoms with Crippen LogP contribution < -0.4 is 16.0 Å². The first-order valence-corrected chi connectivity index (χ1v) is 9.96. The number of nitrogens with one attached hydrogen (secondary N) is 3. The lowest BCUT2D eigenvalue weighted by atomic mass is 9.96. The SMILES string of the molecule is CN=C(NCCc1ccc(NC(C)=O)cc1)NCC1(c2cccc(Cl)c2)CC1. The lowest BCUT2D eigenvalue weighted by Gasteiger charge is -2.19. The molecule has 0 unspecified atom stereocenters. The maximum absolute atomic E-state index is 11.1. The van der Waals surface area contributed by atoms with Crippen LogP contribution in [0.3, 0.4) is 0 Å². The molecule has 0 spiro atoms. The van der Waals surface area contributed by atoms with Crippen LogP contribution >= 0.6 is 11.6 Å². The van der Waals surface area contributed by atoms with E-state index in [4.69, 9.17) is 11.6 Å². The smallest absolute Gasteiger partial charge is 0.221 e. The van der Waals surface area contributed by atoms with Crippen molar-refractivity contribution >= 4 is 29.2 Å². The number of carbonyl (C=O) groups excluding carboxylic acids is 1. The summed E-state index contributed by atoms with van der Waals surface area (Å²) in [7, 11) is 1.79. The van der Waals surface area contributed by atoms with Gasteiger partial charge in [-0.2, -0.15) is 0 Å². The summed E-state index contributed by atoms with van der Waals surface area (Å²) in [5.74, 6) is 0.749. The molecule has 148 valence electrons. The van der Waals surface area contributed by atoms with E-state index >= 15 is 0 Å². The van der Waals surface area contributed by atoms with Gasteiger partial charge in [-0.3, -0.25) is 9.79 Å². The van der Waals surface area contributed by atoms with E-state index in [2.05, 4.69) is 33.1 Å². The lowest BCUT2D eigenvalue weighted by Crippen LogP contribution is -2.41. The van der Waals surface area contributed by atoms with Crippen molar-refractivity contribution in [2.75, 3.05) is 25.5 Å². The molecule has 0 bridgehead atoms. The predicted molar refractivity (Wildman–Crippen MR) is 116 cm³/mol. The fourth-order valence-electron chi connectivity index (χ4n) is 3.29. The van der Waals surface area contributed by atoms with Gasteiger partial charge in [0.05, 0.1) is 0 Å². The summed E-state index contributed by atoms with van der Waals surface area (Å²) in [6.45, 7) is 3.14.